The molecular weight excluding hydrogens is 368 g/mol. The number of anilines is 1. The van der Waals surface area contributed by atoms with Gasteiger partial charge in [-0.2, -0.15) is 0 Å². The van der Waals surface area contributed by atoms with Gasteiger partial charge in [0.1, 0.15) is 0 Å². The molecular formula is C18H21BrN4O. The maximum Gasteiger partial charge on any atom is 0.251 e. The number of nitrogens with two attached hydrogens (primary N) is 1. The summed E-state index contributed by atoms with van der Waals surface area (Å²) in [5.41, 5.74) is 9.79. The fourth-order valence-electron chi connectivity index (χ4n) is 2.08. The van der Waals surface area contributed by atoms with Gasteiger partial charge in [0.05, 0.1) is 6.54 Å². The highest BCUT2D eigenvalue weighted by molar-refractivity contribution is 9.10. The number of benzene rings is 2. The molecule has 0 atom stereocenters. The van der Waals surface area contributed by atoms with Crippen LogP contribution in [0.2, 0.25) is 0 Å². The van der Waals surface area contributed by atoms with Crippen molar-refractivity contribution in [1.29, 1.82) is 0 Å². The molecule has 2 aromatic rings. The number of nitrogens with one attached hydrogen (secondary N) is 2. The lowest BCUT2D eigenvalue weighted by Crippen LogP contribution is -2.28. The van der Waals surface area contributed by atoms with Gasteiger partial charge in [-0.25, -0.2) is 0 Å². The third-order valence-electron chi connectivity index (χ3n) is 3.55. The predicted octanol–water partition coefficient (Wildman–Crippen LogP) is 3.22. The number of aryl methyl sites for hydroxylation is 2. The zero-order chi connectivity index (χ0) is 17.5. The molecule has 4 N–H and O–H groups in total. The van der Waals surface area contributed by atoms with Gasteiger partial charge < -0.3 is 16.4 Å². The Balaban J connectivity index is 1.80. The number of aliphatic imine (C=N–C) groups is 1. The molecule has 0 fully saturated rings. The van der Waals surface area contributed by atoms with Crippen LogP contribution >= 0.6 is 15.9 Å². The minimum Gasteiger partial charge on any atom is -0.370 e. The smallest absolute Gasteiger partial charge is 0.251 e. The van der Waals surface area contributed by atoms with E-state index in [2.05, 4.69) is 38.5 Å². The second kappa shape index (κ2) is 8.49. The zero-order valence-corrected chi connectivity index (χ0v) is 15.4. The summed E-state index contributed by atoms with van der Waals surface area (Å²) in [6, 6.07) is 13.2. The number of halogens is 1. The molecule has 0 saturated heterocycles. The van der Waals surface area contributed by atoms with Crippen molar-refractivity contribution < 1.29 is 4.79 Å². The van der Waals surface area contributed by atoms with E-state index in [1.54, 1.807) is 12.1 Å². The number of carbonyl (C=O) groups excluding carboxylic acids is 1. The maximum absolute atomic E-state index is 12.0. The highest BCUT2D eigenvalue weighted by atomic mass is 79.9. The van der Waals surface area contributed by atoms with Crippen molar-refractivity contribution in [3.05, 3.63) is 63.6 Å². The van der Waals surface area contributed by atoms with E-state index in [0.717, 1.165) is 10.2 Å². The van der Waals surface area contributed by atoms with Crippen molar-refractivity contribution in [3.63, 3.8) is 0 Å². The molecule has 0 radical (unpaired) electrons. The van der Waals surface area contributed by atoms with E-state index in [0.29, 0.717) is 24.6 Å². The third kappa shape index (κ3) is 5.38. The Bertz CT molecular complexity index is 758. The van der Waals surface area contributed by atoms with Crippen molar-refractivity contribution in [2.75, 3.05) is 18.4 Å². The number of hydrogen-bond donors (Lipinski definition) is 3. The minimum absolute atomic E-state index is 0.132. The molecule has 0 heterocycles. The molecule has 0 aliphatic heterocycles. The van der Waals surface area contributed by atoms with Crippen LogP contribution in [0.1, 0.15) is 21.5 Å². The van der Waals surface area contributed by atoms with Crippen LogP contribution in [-0.4, -0.2) is 25.0 Å². The molecule has 5 nitrogen and oxygen atoms in total. The largest absolute Gasteiger partial charge is 0.370 e. The standard InChI is InChI=1S/C18H21BrN4O/c1-12-6-7-16(10-13(12)2)23-18(20)22-9-8-21-17(24)14-4-3-5-15(19)11-14/h3-7,10-11H,8-9H2,1-2H3,(H,21,24)(H3,20,22,23). The maximum atomic E-state index is 12.0. The highest BCUT2D eigenvalue weighted by Crippen LogP contribution is 2.13. The molecule has 0 saturated carbocycles. The fourth-order valence-corrected chi connectivity index (χ4v) is 2.48. The van der Waals surface area contributed by atoms with Crippen LogP contribution in [0.25, 0.3) is 0 Å². The van der Waals surface area contributed by atoms with Gasteiger partial charge in [-0.15, -0.1) is 0 Å². The quantitative estimate of drug-likeness (QED) is 0.417. The number of rotatable bonds is 5. The molecule has 0 aliphatic rings. The summed E-state index contributed by atoms with van der Waals surface area (Å²) in [5.74, 6) is 0.196. The van der Waals surface area contributed by atoms with Crippen LogP contribution < -0.4 is 16.4 Å². The summed E-state index contributed by atoms with van der Waals surface area (Å²) >= 11 is 3.35. The third-order valence-corrected chi connectivity index (χ3v) is 4.04. The second-order valence-electron chi connectivity index (χ2n) is 5.46. The van der Waals surface area contributed by atoms with Gasteiger partial charge in [0.25, 0.3) is 5.91 Å². The molecule has 0 spiro atoms. The number of amides is 1. The lowest BCUT2D eigenvalue weighted by atomic mass is 10.1. The SMILES string of the molecule is Cc1ccc(NC(N)=NCCNC(=O)c2cccc(Br)c2)cc1C. The van der Waals surface area contributed by atoms with E-state index in [1.807, 2.05) is 37.3 Å². The summed E-state index contributed by atoms with van der Waals surface area (Å²) in [6.07, 6.45) is 0. The first-order valence-corrected chi connectivity index (χ1v) is 8.43. The number of guanidine groups is 1. The molecule has 1 amide bonds. The molecule has 126 valence electrons. The molecule has 0 aliphatic carbocycles. The van der Waals surface area contributed by atoms with Crippen LogP contribution in [0, 0.1) is 13.8 Å². The molecule has 2 aromatic carbocycles. The van der Waals surface area contributed by atoms with Gasteiger partial charge >= 0.3 is 0 Å². The van der Waals surface area contributed by atoms with Gasteiger partial charge in [0.15, 0.2) is 5.96 Å². The van der Waals surface area contributed by atoms with E-state index in [1.165, 1.54) is 11.1 Å². The van der Waals surface area contributed by atoms with Crippen molar-refractivity contribution in [3.8, 4) is 0 Å². The van der Waals surface area contributed by atoms with Crippen molar-refractivity contribution in [2.24, 2.45) is 10.7 Å². The van der Waals surface area contributed by atoms with Crippen molar-refractivity contribution in [1.82, 2.24) is 5.32 Å². The lowest BCUT2D eigenvalue weighted by molar-refractivity contribution is 0.0954. The Morgan fingerprint density at radius 2 is 1.96 bits per heavy atom. The lowest BCUT2D eigenvalue weighted by Gasteiger charge is -2.08. The van der Waals surface area contributed by atoms with Crippen LogP contribution in [0.3, 0.4) is 0 Å². The molecule has 0 aromatic heterocycles. The summed E-state index contributed by atoms with van der Waals surface area (Å²) in [5, 5.41) is 5.86. The second-order valence-corrected chi connectivity index (χ2v) is 6.37. The van der Waals surface area contributed by atoms with Crippen LogP contribution in [-0.2, 0) is 0 Å². The molecule has 0 bridgehead atoms. The van der Waals surface area contributed by atoms with Crippen LogP contribution in [0.5, 0.6) is 0 Å². The summed E-state index contributed by atoms with van der Waals surface area (Å²) in [6.45, 7) is 4.93. The summed E-state index contributed by atoms with van der Waals surface area (Å²) < 4.78 is 0.870. The Hall–Kier alpha value is -2.34. The van der Waals surface area contributed by atoms with E-state index in [4.69, 9.17) is 5.73 Å². The topological polar surface area (TPSA) is 79.5 Å². The first kappa shape index (κ1) is 18.0. The Morgan fingerprint density at radius 1 is 1.17 bits per heavy atom. The average Bonchev–Trinajstić information content (AvgIpc) is 2.55. The van der Waals surface area contributed by atoms with Gasteiger partial charge in [0.2, 0.25) is 0 Å². The van der Waals surface area contributed by atoms with Gasteiger partial charge in [-0.05, 0) is 55.3 Å². The van der Waals surface area contributed by atoms with Crippen molar-refractivity contribution >= 4 is 33.5 Å². The first-order valence-electron chi connectivity index (χ1n) is 7.63. The molecule has 24 heavy (non-hydrogen) atoms. The Labute approximate surface area is 150 Å². The first-order chi connectivity index (χ1) is 11.5. The monoisotopic (exact) mass is 388 g/mol. The zero-order valence-electron chi connectivity index (χ0n) is 13.8. The Morgan fingerprint density at radius 3 is 2.67 bits per heavy atom. The normalized spacial score (nSPS) is 11.2. The number of hydrogen-bond acceptors (Lipinski definition) is 2. The van der Waals surface area contributed by atoms with Crippen LogP contribution in [0.15, 0.2) is 51.9 Å². The van der Waals surface area contributed by atoms with E-state index >= 15 is 0 Å². The van der Waals surface area contributed by atoms with E-state index in [-0.39, 0.29) is 5.91 Å². The molecule has 6 heteroatoms. The minimum atomic E-state index is -0.132. The summed E-state index contributed by atoms with van der Waals surface area (Å²) in [4.78, 5) is 16.2. The number of nitrogens with zero attached hydrogens (tertiary/aromatic N) is 1. The van der Waals surface area contributed by atoms with Gasteiger partial charge in [0, 0.05) is 22.3 Å². The van der Waals surface area contributed by atoms with E-state index < -0.39 is 0 Å². The van der Waals surface area contributed by atoms with Crippen molar-refractivity contribution in [2.45, 2.75) is 13.8 Å². The highest BCUT2D eigenvalue weighted by Gasteiger charge is 2.04. The predicted molar refractivity (Wildman–Crippen MR) is 103 cm³/mol. The van der Waals surface area contributed by atoms with Crippen LogP contribution in [0.4, 0.5) is 5.69 Å². The molecule has 0 unspecified atom stereocenters. The van der Waals surface area contributed by atoms with E-state index in [9.17, 15) is 4.79 Å². The average molecular weight is 389 g/mol. The Kier molecular flexibility index (Phi) is 6.37. The van der Waals surface area contributed by atoms with Gasteiger partial charge in [-0.3, -0.25) is 9.79 Å². The fraction of sp³-hybridized carbons (Fsp3) is 0.222. The number of carbonyl (C=O) groups is 1. The molecule has 2 rings (SSSR count). The summed E-state index contributed by atoms with van der Waals surface area (Å²) in [7, 11) is 0. The van der Waals surface area contributed by atoms with Gasteiger partial charge in [-0.1, -0.05) is 28.1 Å².